The summed E-state index contributed by atoms with van der Waals surface area (Å²) in [6.45, 7) is -2.15. The average Bonchev–Trinajstić information content (AvgIpc) is 3.25. The number of halogens is 6. The van der Waals surface area contributed by atoms with Gasteiger partial charge in [0.2, 0.25) is 11.8 Å². The van der Waals surface area contributed by atoms with E-state index >= 15 is 0 Å². The molecule has 0 spiro atoms. The van der Waals surface area contributed by atoms with Gasteiger partial charge in [0.1, 0.15) is 11.3 Å². The molecule has 0 aromatic heterocycles. The number of amides is 2. The van der Waals surface area contributed by atoms with Gasteiger partial charge in [0.25, 0.3) is 0 Å². The minimum absolute atomic E-state index is 0.00556. The van der Waals surface area contributed by atoms with Crippen molar-refractivity contribution < 1.29 is 36.3 Å². The molecule has 0 unspecified atom stereocenters. The summed E-state index contributed by atoms with van der Waals surface area (Å²) in [6, 6.07) is 3.96. The van der Waals surface area contributed by atoms with Crippen LogP contribution in [-0.2, 0) is 9.59 Å². The van der Waals surface area contributed by atoms with Crippen molar-refractivity contribution in [2.45, 2.75) is 49.7 Å². The molecule has 7 nitrogen and oxygen atoms in total. The number of carbonyl (C=O) groups is 2. The molecule has 3 fully saturated rings. The van der Waals surface area contributed by atoms with E-state index < -0.39 is 24.2 Å². The van der Waals surface area contributed by atoms with Gasteiger partial charge in [0, 0.05) is 36.9 Å². The number of hydrogen-bond donors (Lipinski definition) is 2. The Balaban J connectivity index is 1.25. The van der Waals surface area contributed by atoms with Gasteiger partial charge in [0.15, 0.2) is 0 Å². The van der Waals surface area contributed by atoms with Crippen molar-refractivity contribution in [1.29, 1.82) is 0 Å². The minimum atomic E-state index is -4.45. The second-order valence-electron chi connectivity index (χ2n) is 8.60. The van der Waals surface area contributed by atoms with Gasteiger partial charge >= 0.3 is 12.8 Å². The van der Waals surface area contributed by atoms with Crippen molar-refractivity contribution in [1.82, 2.24) is 15.1 Å². The molecule has 2 atom stereocenters. The van der Waals surface area contributed by atoms with E-state index in [1.54, 1.807) is 0 Å². The van der Waals surface area contributed by atoms with Gasteiger partial charge in [-0.25, -0.2) is 0 Å². The van der Waals surface area contributed by atoms with Crippen LogP contribution in [0.4, 0.5) is 27.6 Å². The van der Waals surface area contributed by atoms with Gasteiger partial charge < -0.3 is 15.4 Å². The average molecular weight is 497 g/mol. The quantitative estimate of drug-likeness (QED) is 0.542. The van der Waals surface area contributed by atoms with Crippen LogP contribution >= 0.6 is 11.6 Å². The number of rotatable bonds is 8. The zero-order valence-corrected chi connectivity index (χ0v) is 18.1. The fraction of sp³-hybridized carbons (Fsp3) is 0.600. The van der Waals surface area contributed by atoms with Crippen LogP contribution in [0.2, 0.25) is 5.02 Å². The third-order valence-corrected chi connectivity index (χ3v) is 6.58. The summed E-state index contributed by atoms with van der Waals surface area (Å²) in [7, 11) is 0. The predicted molar refractivity (Wildman–Crippen MR) is 108 cm³/mol. The van der Waals surface area contributed by atoms with E-state index in [0.29, 0.717) is 19.5 Å². The summed E-state index contributed by atoms with van der Waals surface area (Å²) in [5.41, 5.74) is -1.82. The van der Waals surface area contributed by atoms with Crippen LogP contribution in [0.5, 0.6) is 5.75 Å². The number of alkyl halides is 5. The number of piperazine rings is 1. The first-order chi connectivity index (χ1) is 15.5. The van der Waals surface area contributed by atoms with Crippen LogP contribution in [-0.4, -0.2) is 78.2 Å². The van der Waals surface area contributed by atoms with Crippen LogP contribution in [0, 0.1) is 0 Å². The fourth-order valence-corrected chi connectivity index (χ4v) is 4.63. The molecule has 1 saturated carbocycles. The second kappa shape index (κ2) is 8.88. The third kappa shape index (κ3) is 5.33. The lowest BCUT2D eigenvalue weighted by molar-refractivity contribution is -0.170. The molecular weight excluding hydrogens is 475 g/mol. The molecule has 2 heterocycles. The molecule has 2 aliphatic heterocycles. The van der Waals surface area contributed by atoms with Gasteiger partial charge in [-0.2, -0.15) is 22.0 Å². The Labute approximate surface area is 191 Å². The van der Waals surface area contributed by atoms with Crippen LogP contribution in [0.15, 0.2) is 18.2 Å². The molecule has 2 saturated heterocycles. The predicted octanol–water partition coefficient (Wildman–Crippen LogP) is 2.85. The summed E-state index contributed by atoms with van der Waals surface area (Å²) in [5, 5.41) is 4.73. The summed E-state index contributed by atoms with van der Waals surface area (Å²) < 4.78 is 68.3. The summed E-state index contributed by atoms with van der Waals surface area (Å²) in [5.74, 6) is -1.26. The number of benzene rings is 1. The van der Waals surface area contributed by atoms with E-state index in [2.05, 4.69) is 15.4 Å². The van der Waals surface area contributed by atoms with Crippen LogP contribution in [0.1, 0.15) is 19.3 Å². The zero-order chi connectivity index (χ0) is 24.0. The molecule has 3 aliphatic rings. The Morgan fingerprint density at radius 3 is 2.24 bits per heavy atom. The Morgan fingerprint density at radius 1 is 1.12 bits per heavy atom. The number of hydrogen-bond acceptors (Lipinski definition) is 5. The highest BCUT2D eigenvalue weighted by molar-refractivity contribution is 6.32. The highest BCUT2D eigenvalue weighted by Gasteiger charge is 2.64. The molecule has 1 aliphatic carbocycles. The third-order valence-electron chi connectivity index (χ3n) is 6.26. The normalized spacial score (nSPS) is 24.2. The number of nitrogens with zero attached hydrogens (tertiary/aromatic N) is 2. The monoisotopic (exact) mass is 496 g/mol. The van der Waals surface area contributed by atoms with Crippen molar-refractivity contribution in [2.24, 2.45) is 0 Å². The molecule has 2 bridgehead atoms. The lowest BCUT2D eigenvalue weighted by atomic mass is 10.2. The van der Waals surface area contributed by atoms with Crippen molar-refractivity contribution in [3.05, 3.63) is 23.2 Å². The van der Waals surface area contributed by atoms with E-state index in [-0.39, 0.29) is 60.4 Å². The molecule has 13 heteroatoms. The standard InChI is InChI=1S/C20H22ClF5N4O3/c21-14-2-1-11(5-15(14)33-18(22)23)27-16(31)9-29-7-13-6-12(29)8-30(13)10-17(32)28-19(3-4-19)20(24,25)26/h1-2,5,12-13,18H,3-4,6-10H2,(H,27,31)(H,28,32)/t12-,13-/m0/s1. The number of nitrogens with one attached hydrogen (secondary N) is 2. The van der Waals surface area contributed by atoms with Crippen LogP contribution < -0.4 is 15.4 Å². The minimum Gasteiger partial charge on any atom is -0.433 e. The Morgan fingerprint density at radius 2 is 1.73 bits per heavy atom. The number of carbonyl (C=O) groups excluding carboxylic acids is 2. The number of ether oxygens (including phenoxy) is 1. The second-order valence-corrected chi connectivity index (χ2v) is 9.01. The Bertz CT molecular complexity index is 927. The van der Waals surface area contributed by atoms with Gasteiger partial charge in [-0.1, -0.05) is 11.6 Å². The lowest BCUT2D eigenvalue weighted by Gasteiger charge is -2.33. The molecule has 2 N–H and O–H groups in total. The molecule has 1 aromatic carbocycles. The maximum absolute atomic E-state index is 13.0. The molecule has 33 heavy (non-hydrogen) atoms. The first kappa shape index (κ1) is 24.0. The maximum Gasteiger partial charge on any atom is 0.411 e. The highest BCUT2D eigenvalue weighted by Crippen LogP contribution is 2.48. The molecule has 1 aromatic rings. The van der Waals surface area contributed by atoms with Gasteiger partial charge in [-0.15, -0.1) is 0 Å². The van der Waals surface area contributed by atoms with E-state index in [1.807, 2.05) is 9.80 Å². The number of likely N-dealkylation sites (tertiary alicyclic amines) is 2. The van der Waals surface area contributed by atoms with Gasteiger partial charge in [-0.3, -0.25) is 19.4 Å². The SMILES string of the molecule is O=C(CN1C[C@@H]2C[C@H]1CN2CC(=O)NC1(C(F)(F)F)CC1)Nc1ccc(Cl)c(OC(F)F)c1. The smallest absolute Gasteiger partial charge is 0.411 e. The fourth-order valence-electron chi connectivity index (χ4n) is 4.47. The Hall–Kier alpha value is -2.18. The van der Waals surface area contributed by atoms with Crippen molar-refractivity contribution in [3.63, 3.8) is 0 Å². The molecule has 2 amide bonds. The number of anilines is 1. The Kier molecular flexibility index (Phi) is 6.45. The van der Waals surface area contributed by atoms with E-state index in [4.69, 9.17) is 11.6 Å². The van der Waals surface area contributed by atoms with Crippen molar-refractivity contribution >= 4 is 29.1 Å². The van der Waals surface area contributed by atoms with E-state index in [9.17, 15) is 31.5 Å². The van der Waals surface area contributed by atoms with Crippen LogP contribution in [0.25, 0.3) is 0 Å². The van der Waals surface area contributed by atoms with E-state index in [0.717, 1.165) is 0 Å². The molecule has 0 radical (unpaired) electrons. The summed E-state index contributed by atoms with van der Waals surface area (Å²) in [4.78, 5) is 28.4. The van der Waals surface area contributed by atoms with Crippen molar-refractivity contribution in [2.75, 3.05) is 31.5 Å². The van der Waals surface area contributed by atoms with E-state index in [1.165, 1.54) is 18.2 Å². The van der Waals surface area contributed by atoms with Gasteiger partial charge in [0.05, 0.1) is 18.1 Å². The highest BCUT2D eigenvalue weighted by atomic mass is 35.5. The largest absolute Gasteiger partial charge is 0.433 e. The maximum atomic E-state index is 13.0. The summed E-state index contributed by atoms with van der Waals surface area (Å²) >= 11 is 5.80. The topological polar surface area (TPSA) is 73.9 Å². The number of fused-ring (bicyclic) bond motifs is 2. The van der Waals surface area contributed by atoms with Crippen LogP contribution in [0.3, 0.4) is 0 Å². The molecule has 182 valence electrons. The van der Waals surface area contributed by atoms with Crippen molar-refractivity contribution in [3.8, 4) is 5.75 Å². The lowest BCUT2D eigenvalue weighted by Crippen LogP contribution is -2.54. The first-order valence-electron chi connectivity index (χ1n) is 10.4. The van der Waals surface area contributed by atoms with Gasteiger partial charge in [-0.05, 0) is 31.4 Å². The molecular formula is C20H22ClF5N4O3. The first-order valence-corrected chi connectivity index (χ1v) is 10.7. The molecule has 4 rings (SSSR count). The zero-order valence-electron chi connectivity index (χ0n) is 17.3. The summed E-state index contributed by atoms with van der Waals surface area (Å²) in [6.07, 6.45) is -3.94.